The number of hydrogen-bond donors (Lipinski definition) is 1. The maximum Gasteiger partial charge on any atom is 0.308 e. The average Bonchev–Trinajstić information content (AvgIpc) is 3.41. The van der Waals surface area contributed by atoms with Crippen LogP contribution in [0.4, 0.5) is 15.8 Å². The fourth-order valence-corrected chi connectivity index (χ4v) is 8.05. The number of thiazole rings is 1. The molecular formula is C29H21ClFN3O5S2. The van der Waals surface area contributed by atoms with Crippen LogP contribution >= 0.6 is 34.7 Å². The van der Waals surface area contributed by atoms with Crippen LogP contribution < -0.4 is 19.8 Å². The Morgan fingerprint density at radius 3 is 2.32 bits per heavy atom. The molecule has 1 saturated heterocycles. The second-order valence-electron chi connectivity index (χ2n) is 9.48. The largest absolute Gasteiger partial charge is 0.497 e. The number of halogens is 2. The fraction of sp³-hybridized carbons (Fsp3) is 0.172. The van der Waals surface area contributed by atoms with Crippen molar-refractivity contribution in [3.63, 3.8) is 0 Å². The Kier molecular flexibility index (Phi) is 7.18. The number of fused-ring (bicyclic) bond motifs is 2. The summed E-state index contributed by atoms with van der Waals surface area (Å²) in [6, 6.07) is 18.9. The third-order valence-electron chi connectivity index (χ3n) is 7.04. The van der Waals surface area contributed by atoms with E-state index < -0.39 is 45.5 Å². The Hall–Kier alpha value is -3.93. The van der Waals surface area contributed by atoms with E-state index in [4.69, 9.17) is 16.3 Å². The molecule has 0 radical (unpaired) electrons. The van der Waals surface area contributed by atoms with Crippen molar-refractivity contribution in [1.29, 1.82) is 0 Å². The number of nitrogens with zero attached hydrogens (tertiary/aromatic N) is 2. The van der Waals surface area contributed by atoms with E-state index in [2.05, 4.69) is 5.32 Å². The summed E-state index contributed by atoms with van der Waals surface area (Å²) in [4.78, 5) is 55.1. The second-order valence-corrected chi connectivity index (χ2v) is 12.0. The number of hydrogen-bond acceptors (Lipinski definition) is 7. The van der Waals surface area contributed by atoms with Gasteiger partial charge in [0.25, 0.3) is 0 Å². The van der Waals surface area contributed by atoms with Gasteiger partial charge < -0.3 is 10.1 Å². The molecule has 2 aliphatic heterocycles. The predicted octanol–water partition coefficient (Wildman–Crippen LogP) is 5.15. The van der Waals surface area contributed by atoms with E-state index >= 15 is 0 Å². The number of nitrogens with one attached hydrogen (secondary N) is 1. The molecule has 208 valence electrons. The van der Waals surface area contributed by atoms with Gasteiger partial charge in [-0.25, -0.2) is 9.29 Å². The predicted molar refractivity (Wildman–Crippen MR) is 156 cm³/mol. The number of amides is 3. The highest BCUT2D eigenvalue weighted by molar-refractivity contribution is 8.00. The first-order chi connectivity index (χ1) is 19.7. The summed E-state index contributed by atoms with van der Waals surface area (Å²) in [5, 5.41) is 2.85. The van der Waals surface area contributed by atoms with E-state index in [1.807, 2.05) is 0 Å². The van der Waals surface area contributed by atoms with Gasteiger partial charge in [-0.3, -0.25) is 23.7 Å². The lowest BCUT2D eigenvalue weighted by Crippen LogP contribution is -2.33. The Balaban J connectivity index is 1.39. The summed E-state index contributed by atoms with van der Waals surface area (Å²) < 4.78 is 20.4. The summed E-state index contributed by atoms with van der Waals surface area (Å²) in [5.41, 5.74) is 1.51. The minimum absolute atomic E-state index is 0.294. The first-order valence-corrected chi connectivity index (χ1v) is 14.6. The number of rotatable bonds is 6. The molecule has 0 aliphatic carbocycles. The van der Waals surface area contributed by atoms with Crippen LogP contribution in [0.3, 0.4) is 0 Å². The van der Waals surface area contributed by atoms with Gasteiger partial charge in [-0.05, 0) is 66.2 Å². The summed E-state index contributed by atoms with van der Waals surface area (Å²) in [7, 11) is 1.52. The molecule has 1 N–H and O–H groups in total. The molecule has 0 saturated carbocycles. The van der Waals surface area contributed by atoms with Crippen molar-refractivity contribution < 1.29 is 23.5 Å². The van der Waals surface area contributed by atoms with E-state index in [0.29, 0.717) is 37.6 Å². The zero-order chi connectivity index (χ0) is 28.8. The van der Waals surface area contributed by atoms with Crippen molar-refractivity contribution in [3.8, 4) is 5.75 Å². The Labute approximate surface area is 246 Å². The number of carbonyl (C=O) groups excluding carboxylic acids is 3. The van der Waals surface area contributed by atoms with E-state index in [9.17, 15) is 23.6 Å². The monoisotopic (exact) mass is 609 g/mol. The lowest BCUT2D eigenvalue weighted by atomic mass is 9.83. The van der Waals surface area contributed by atoms with Crippen LogP contribution in [0, 0.1) is 11.7 Å². The molecule has 0 bridgehead atoms. The first-order valence-electron chi connectivity index (χ1n) is 12.5. The molecule has 4 aromatic rings. The summed E-state index contributed by atoms with van der Waals surface area (Å²) in [6.45, 7) is -0.294. The highest BCUT2D eigenvalue weighted by Gasteiger charge is 2.56. The molecule has 1 fully saturated rings. The van der Waals surface area contributed by atoms with Gasteiger partial charge in [0, 0.05) is 21.5 Å². The minimum atomic E-state index is -0.855. The van der Waals surface area contributed by atoms with Gasteiger partial charge in [0.2, 0.25) is 17.7 Å². The first kappa shape index (κ1) is 27.3. The van der Waals surface area contributed by atoms with Crippen LogP contribution in [-0.2, 0) is 20.9 Å². The van der Waals surface area contributed by atoms with Crippen LogP contribution in [-0.4, -0.2) is 34.6 Å². The molecule has 0 spiro atoms. The Morgan fingerprint density at radius 1 is 0.976 bits per heavy atom. The number of carbonyl (C=O) groups is 3. The van der Waals surface area contributed by atoms with Gasteiger partial charge in [-0.15, -0.1) is 0 Å². The molecule has 3 heterocycles. The molecule has 1 aromatic heterocycles. The van der Waals surface area contributed by atoms with E-state index in [1.54, 1.807) is 60.7 Å². The zero-order valence-electron chi connectivity index (χ0n) is 21.4. The molecule has 3 amide bonds. The standard InChI is InChI=1S/C29H21ClFN3O5S2/c1-39-20-12-10-19(11-13-20)34-26(36)23-22(15-2-6-17(31)7-3-15)25-28(40-24(23)27(34)37)33(29(38)41-25)14-21(35)32-18-8-4-16(30)5-9-18/h2-13,22-24H,14H2,1H3,(H,32,35). The van der Waals surface area contributed by atoms with Gasteiger partial charge in [0.1, 0.15) is 23.4 Å². The number of anilines is 2. The van der Waals surface area contributed by atoms with E-state index in [1.165, 1.54) is 23.8 Å². The lowest BCUT2D eigenvalue weighted by Gasteiger charge is -2.30. The highest BCUT2D eigenvalue weighted by atomic mass is 35.5. The van der Waals surface area contributed by atoms with Crippen molar-refractivity contribution in [2.75, 3.05) is 17.3 Å². The van der Waals surface area contributed by atoms with Crippen LogP contribution in [0.1, 0.15) is 16.4 Å². The smallest absolute Gasteiger partial charge is 0.308 e. The van der Waals surface area contributed by atoms with Crippen molar-refractivity contribution in [3.05, 3.63) is 104 Å². The van der Waals surface area contributed by atoms with Gasteiger partial charge in [0.15, 0.2) is 0 Å². The molecule has 6 rings (SSSR count). The Morgan fingerprint density at radius 2 is 1.66 bits per heavy atom. The fourth-order valence-electron chi connectivity index (χ4n) is 5.15. The molecule has 2 aliphatic rings. The lowest BCUT2D eigenvalue weighted by molar-refractivity contribution is -0.122. The number of thioether (sulfide) groups is 1. The molecule has 12 heteroatoms. The average molecular weight is 610 g/mol. The molecule has 3 atom stereocenters. The minimum Gasteiger partial charge on any atom is -0.497 e. The summed E-state index contributed by atoms with van der Waals surface area (Å²) in [5.74, 6) is -2.67. The molecule has 41 heavy (non-hydrogen) atoms. The van der Waals surface area contributed by atoms with Crippen molar-refractivity contribution in [1.82, 2.24) is 4.57 Å². The molecule has 3 unspecified atom stereocenters. The zero-order valence-corrected chi connectivity index (χ0v) is 23.8. The number of ether oxygens (including phenoxy) is 1. The summed E-state index contributed by atoms with van der Waals surface area (Å²) in [6.07, 6.45) is 0. The maximum absolute atomic E-state index is 13.9. The second kappa shape index (κ2) is 10.8. The maximum atomic E-state index is 13.9. The van der Waals surface area contributed by atoms with Crippen molar-refractivity contribution in [2.45, 2.75) is 22.7 Å². The van der Waals surface area contributed by atoms with Gasteiger partial charge in [-0.2, -0.15) is 0 Å². The SMILES string of the molecule is COc1ccc(N2C(=O)C3Sc4c(sc(=O)n4CC(=O)Nc4ccc(Cl)cc4)C(c4ccc(F)cc4)C3C2=O)cc1. The van der Waals surface area contributed by atoms with Gasteiger partial charge in [0.05, 0.1) is 23.7 Å². The highest BCUT2D eigenvalue weighted by Crippen LogP contribution is 2.53. The molecule has 8 nitrogen and oxygen atoms in total. The quantitative estimate of drug-likeness (QED) is 0.304. The number of imide groups is 1. The normalized spacial score (nSPS) is 19.6. The number of benzene rings is 3. The van der Waals surface area contributed by atoms with Crippen molar-refractivity contribution in [2.24, 2.45) is 5.92 Å². The number of aromatic nitrogens is 1. The van der Waals surface area contributed by atoms with Crippen LogP contribution in [0.5, 0.6) is 5.75 Å². The van der Waals surface area contributed by atoms with Crippen molar-refractivity contribution >= 4 is 63.8 Å². The van der Waals surface area contributed by atoms with E-state index in [-0.39, 0.29) is 6.54 Å². The van der Waals surface area contributed by atoms with Crippen LogP contribution in [0.25, 0.3) is 0 Å². The molecule has 3 aromatic carbocycles. The number of methoxy groups -OCH3 is 1. The van der Waals surface area contributed by atoms with Crippen LogP contribution in [0.15, 0.2) is 82.6 Å². The topological polar surface area (TPSA) is 97.7 Å². The van der Waals surface area contributed by atoms with Gasteiger partial charge in [-0.1, -0.05) is 46.8 Å². The Bertz CT molecular complexity index is 1720. The van der Waals surface area contributed by atoms with Crippen LogP contribution in [0.2, 0.25) is 5.02 Å². The van der Waals surface area contributed by atoms with Gasteiger partial charge >= 0.3 is 4.87 Å². The third kappa shape index (κ3) is 4.94. The summed E-state index contributed by atoms with van der Waals surface area (Å²) >= 11 is 7.96. The third-order valence-corrected chi connectivity index (χ3v) is 9.89. The molecular weight excluding hydrogens is 589 g/mol. The van der Waals surface area contributed by atoms with E-state index in [0.717, 1.165) is 28.0 Å².